The summed E-state index contributed by atoms with van der Waals surface area (Å²) in [5.74, 6) is 0.752. The highest BCUT2D eigenvalue weighted by Crippen LogP contribution is 2.30. The van der Waals surface area contributed by atoms with Gasteiger partial charge in [-0.3, -0.25) is 4.79 Å². The molecule has 5 nitrogen and oxygen atoms in total. The second-order valence-corrected chi connectivity index (χ2v) is 3.87. The van der Waals surface area contributed by atoms with Gasteiger partial charge in [-0.15, -0.1) is 0 Å². The summed E-state index contributed by atoms with van der Waals surface area (Å²) in [6.45, 7) is 2.33. The van der Waals surface area contributed by atoms with Gasteiger partial charge in [0.15, 0.2) is 11.5 Å². The Morgan fingerprint density at radius 1 is 1.28 bits per heavy atom. The van der Waals surface area contributed by atoms with E-state index in [1.165, 1.54) is 14.2 Å². The van der Waals surface area contributed by atoms with E-state index < -0.39 is 0 Å². The van der Waals surface area contributed by atoms with Crippen LogP contribution >= 0.6 is 0 Å². The van der Waals surface area contributed by atoms with Crippen LogP contribution in [0.5, 0.6) is 11.5 Å². The van der Waals surface area contributed by atoms with Crippen molar-refractivity contribution in [2.24, 2.45) is 0 Å². The van der Waals surface area contributed by atoms with E-state index in [2.05, 4.69) is 5.32 Å². The van der Waals surface area contributed by atoms with Crippen LogP contribution in [0.4, 0.5) is 0 Å². The minimum absolute atomic E-state index is 0.0709. The van der Waals surface area contributed by atoms with Crippen LogP contribution in [0.2, 0.25) is 0 Å². The maximum Gasteiger partial charge on any atom is 0.255 e. The molecule has 0 aliphatic heterocycles. The van der Waals surface area contributed by atoms with E-state index in [1.54, 1.807) is 25.3 Å². The number of rotatable bonds is 6. The SMILES string of the molecule is COC[C@H](C)NC(=O)c1cccc(OC)c1OC. The molecule has 0 heterocycles. The number of ether oxygens (including phenoxy) is 3. The van der Waals surface area contributed by atoms with Crippen molar-refractivity contribution in [3.63, 3.8) is 0 Å². The molecule has 1 N–H and O–H groups in total. The number of para-hydroxylation sites is 1. The van der Waals surface area contributed by atoms with Gasteiger partial charge in [0.25, 0.3) is 5.91 Å². The van der Waals surface area contributed by atoms with E-state index in [0.717, 1.165) is 0 Å². The molecule has 0 saturated heterocycles. The summed E-state index contributed by atoms with van der Waals surface area (Å²) >= 11 is 0. The highest BCUT2D eigenvalue weighted by Gasteiger charge is 2.17. The zero-order valence-electron chi connectivity index (χ0n) is 11.1. The third-order valence-electron chi connectivity index (χ3n) is 2.44. The normalized spacial score (nSPS) is 11.8. The molecule has 1 rings (SSSR count). The Hall–Kier alpha value is -1.75. The highest BCUT2D eigenvalue weighted by atomic mass is 16.5. The molecule has 1 aromatic rings. The number of hydrogen-bond acceptors (Lipinski definition) is 4. The lowest BCUT2D eigenvalue weighted by molar-refractivity contribution is 0.0902. The van der Waals surface area contributed by atoms with Crippen LogP contribution in [0, 0.1) is 0 Å². The molecule has 1 amide bonds. The first-order chi connectivity index (χ1) is 8.63. The topological polar surface area (TPSA) is 56.8 Å². The first kappa shape index (κ1) is 14.3. The molecule has 0 unspecified atom stereocenters. The van der Waals surface area contributed by atoms with E-state index in [9.17, 15) is 4.79 Å². The lowest BCUT2D eigenvalue weighted by atomic mass is 10.1. The van der Waals surface area contributed by atoms with E-state index in [-0.39, 0.29) is 11.9 Å². The fourth-order valence-electron chi connectivity index (χ4n) is 1.66. The fraction of sp³-hybridized carbons (Fsp3) is 0.462. The van der Waals surface area contributed by atoms with Crippen molar-refractivity contribution in [2.45, 2.75) is 13.0 Å². The van der Waals surface area contributed by atoms with Crippen LogP contribution in [0.3, 0.4) is 0 Å². The summed E-state index contributed by atoms with van der Waals surface area (Å²) in [6.07, 6.45) is 0. The van der Waals surface area contributed by atoms with E-state index >= 15 is 0 Å². The van der Waals surface area contributed by atoms with Crippen molar-refractivity contribution < 1.29 is 19.0 Å². The van der Waals surface area contributed by atoms with Gasteiger partial charge in [-0.1, -0.05) is 6.07 Å². The highest BCUT2D eigenvalue weighted by molar-refractivity contribution is 5.98. The molecule has 0 saturated carbocycles. The van der Waals surface area contributed by atoms with Crippen LogP contribution in [0.15, 0.2) is 18.2 Å². The molecule has 0 bridgehead atoms. The van der Waals surface area contributed by atoms with Crippen molar-refractivity contribution in [1.29, 1.82) is 0 Å². The zero-order valence-corrected chi connectivity index (χ0v) is 11.1. The van der Waals surface area contributed by atoms with Crippen LogP contribution < -0.4 is 14.8 Å². The van der Waals surface area contributed by atoms with Crippen molar-refractivity contribution >= 4 is 5.91 Å². The Balaban J connectivity index is 2.91. The van der Waals surface area contributed by atoms with Crippen molar-refractivity contribution in [2.75, 3.05) is 27.9 Å². The summed E-state index contributed by atoms with van der Waals surface area (Å²) in [5.41, 5.74) is 0.444. The quantitative estimate of drug-likeness (QED) is 0.834. The smallest absolute Gasteiger partial charge is 0.255 e. The van der Waals surface area contributed by atoms with Crippen LogP contribution in [-0.2, 0) is 4.74 Å². The monoisotopic (exact) mass is 253 g/mol. The van der Waals surface area contributed by atoms with Gasteiger partial charge in [-0.25, -0.2) is 0 Å². The van der Waals surface area contributed by atoms with Gasteiger partial charge in [-0.05, 0) is 19.1 Å². The Bertz CT molecular complexity index is 406. The summed E-state index contributed by atoms with van der Waals surface area (Å²) in [6, 6.07) is 5.11. The van der Waals surface area contributed by atoms with Crippen LogP contribution in [-0.4, -0.2) is 39.9 Å². The zero-order chi connectivity index (χ0) is 13.5. The molecule has 0 fully saturated rings. The van der Waals surface area contributed by atoms with Crippen molar-refractivity contribution in [3.8, 4) is 11.5 Å². The molecule has 5 heteroatoms. The molecule has 0 aliphatic carbocycles. The van der Waals surface area contributed by atoms with Gasteiger partial charge in [0.05, 0.1) is 26.4 Å². The number of methoxy groups -OCH3 is 3. The first-order valence-electron chi connectivity index (χ1n) is 5.64. The Morgan fingerprint density at radius 3 is 2.56 bits per heavy atom. The molecule has 1 atom stereocenters. The standard InChI is InChI=1S/C13H19NO4/c1-9(8-16-2)14-13(15)10-6-5-7-11(17-3)12(10)18-4/h5-7,9H,8H2,1-4H3,(H,14,15)/t9-/m0/s1. The predicted octanol–water partition coefficient (Wildman–Crippen LogP) is 1.47. The number of hydrogen-bond donors (Lipinski definition) is 1. The van der Waals surface area contributed by atoms with Crippen LogP contribution in [0.25, 0.3) is 0 Å². The van der Waals surface area contributed by atoms with Gasteiger partial charge < -0.3 is 19.5 Å². The summed E-state index contributed by atoms with van der Waals surface area (Å²) < 4.78 is 15.3. The Morgan fingerprint density at radius 2 is 2.00 bits per heavy atom. The van der Waals surface area contributed by atoms with Gasteiger partial charge >= 0.3 is 0 Å². The average molecular weight is 253 g/mol. The van der Waals surface area contributed by atoms with E-state index in [4.69, 9.17) is 14.2 Å². The largest absolute Gasteiger partial charge is 0.493 e. The van der Waals surface area contributed by atoms with Crippen molar-refractivity contribution in [3.05, 3.63) is 23.8 Å². The summed E-state index contributed by atoms with van der Waals surface area (Å²) in [7, 11) is 4.63. The van der Waals surface area contributed by atoms with Gasteiger partial charge in [0.2, 0.25) is 0 Å². The summed E-state index contributed by atoms with van der Waals surface area (Å²) in [5, 5.41) is 2.82. The molecule has 0 aliphatic rings. The van der Waals surface area contributed by atoms with Gasteiger partial charge in [-0.2, -0.15) is 0 Å². The Labute approximate surface area is 107 Å². The second-order valence-electron chi connectivity index (χ2n) is 3.87. The number of carbonyl (C=O) groups is 1. The minimum atomic E-state index is -0.213. The first-order valence-corrected chi connectivity index (χ1v) is 5.64. The maximum atomic E-state index is 12.1. The maximum absolute atomic E-state index is 12.1. The molecule has 0 aromatic heterocycles. The molecular formula is C13H19NO4. The van der Waals surface area contributed by atoms with Crippen molar-refractivity contribution in [1.82, 2.24) is 5.32 Å². The number of carbonyl (C=O) groups excluding carboxylic acids is 1. The molecule has 18 heavy (non-hydrogen) atoms. The third kappa shape index (κ3) is 3.37. The third-order valence-corrected chi connectivity index (χ3v) is 2.44. The van der Waals surface area contributed by atoms with Crippen LogP contribution in [0.1, 0.15) is 17.3 Å². The van der Waals surface area contributed by atoms with Gasteiger partial charge in [0, 0.05) is 13.2 Å². The second kappa shape index (κ2) is 6.86. The average Bonchev–Trinajstić information content (AvgIpc) is 2.37. The lowest BCUT2D eigenvalue weighted by Crippen LogP contribution is -2.35. The van der Waals surface area contributed by atoms with E-state index in [0.29, 0.717) is 23.7 Å². The molecule has 0 spiro atoms. The molecule has 1 aromatic carbocycles. The molecular weight excluding hydrogens is 234 g/mol. The molecule has 100 valence electrons. The summed E-state index contributed by atoms with van der Waals surface area (Å²) in [4.78, 5) is 12.1. The van der Waals surface area contributed by atoms with Gasteiger partial charge in [0.1, 0.15) is 0 Å². The minimum Gasteiger partial charge on any atom is -0.493 e. The predicted molar refractivity (Wildman–Crippen MR) is 68.4 cm³/mol. The number of amides is 1. The van der Waals surface area contributed by atoms with E-state index in [1.807, 2.05) is 6.92 Å². The fourth-order valence-corrected chi connectivity index (χ4v) is 1.66. The number of nitrogens with one attached hydrogen (secondary N) is 1. The Kier molecular flexibility index (Phi) is 5.45. The lowest BCUT2D eigenvalue weighted by Gasteiger charge is -2.15. The molecule has 0 radical (unpaired) electrons. The number of benzene rings is 1.